The van der Waals surface area contributed by atoms with Crippen LogP contribution in [-0.4, -0.2) is 55.4 Å². The van der Waals surface area contributed by atoms with Crippen molar-refractivity contribution in [1.82, 2.24) is 14.6 Å². The van der Waals surface area contributed by atoms with E-state index in [1.807, 2.05) is 0 Å². The monoisotopic (exact) mass is 609 g/mol. The average molecular weight is 611 g/mol. The van der Waals surface area contributed by atoms with Gasteiger partial charge in [-0.15, -0.1) is 0 Å². The molecule has 2 aromatic rings. The van der Waals surface area contributed by atoms with E-state index in [-0.39, 0.29) is 5.75 Å². The fourth-order valence-corrected chi connectivity index (χ4v) is 5.65. The van der Waals surface area contributed by atoms with Crippen LogP contribution in [0.1, 0.15) is 27.0 Å². The number of hydrogen-bond donors (Lipinski definition) is 3. The van der Waals surface area contributed by atoms with Crippen molar-refractivity contribution in [1.29, 1.82) is 0 Å². The minimum atomic E-state index is -4.24. The predicted molar refractivity (Wildman–Crippen MR) is 133 cm³/mol. The highest BCUT2D eigenvalue weighted by molar-refractivity contribution is 9.10. The van der Waals surface area contributed by atoms with Crippen molar-refractivity contribution < 1.29 is 33.0 Å². The van der Waals surface area contributed by atoms with Crippen LogP contribution in [0.2, 0.25) is 0 Å². The largest absolute Gasteiger partial charge is 0.462 e. The van der Waals surface area contributed by atoms with Gasteiger partial charge in [-0.3, -0.25) is 23.7 Å². The number of aromatic nitrogens is 2. The normalized spacial score (nSPS) is 26.4. The van der Waals surface area contributed by atoms with E-state index < -0.39 is 65.9 Å². The highest BCUT2D eigenvalue weighted by Crippen LogP contribution is 2.50. The van der Waals surface area contributed by atoms with E-state index in [2.05, 4.69) is 26.0 Å². The van der Waals surface area contributed by atoms with Gasteiger partial charge in [-0.05, 0) is 32.9 Å². The van der Waals surface area contributed by atoms with E-state index >= 15 is 0 Å². The number of para-hydroxylation sites is 1. The summed E-state index contributed by atoms with van der Waals surface area (Å²) in [7, 11) is -4.24. The highest BCUT2D eigenvalue weighted by Gasteiger charge is 2.55. The lowest BCUT2D eigenvalue weighted by molar-refractivity contribution is -0.149. The van der Waals surface area contributed by atoms with Gasteiger partial charge in [0.15, 0.2) is 10.0 Å². The SMILES string of the molecule is CC(C)OC(=O)C(C)N[P@](=O)(OC[C@H]1O[C@@H](n2ccc(=O)[nH]c2=O)[C@@](Cl)(Br)[C@@H]1O)Oc1ccccc1. The molecule has 1 fully saturated rings. The number of aliphatic hydroxyl groups is 1. The van der Waals surface area contributed by atoms with Gasteiger partial charge in [-0.2, -0.15) is 5.09 Å². The van der Waals surface area contributed by atoms with Crippen molar-refractivity contribution in [2.45, 2.75) is 55.1 Å². The quantitative estimate of drug-likeness (QED) is 0.207. The zero-order chi connectivity index (χ0) is 26.7. The Labute approximate surface area is 219 Å². The first-order valence-corrected chi connectivity index (χ1v) is 13.5. The van der Waals surface area contributed by atoms with Crippen LogP contribution in [0, 0.1) is 0 Å². The maximum atomic E-state index is 13.6. The van der Waals surface area contributed by atoms with Crippen LogP contribution in [0.15, 0.2) is 52.2 Å². The number of rotatable bonds is 10. The zero-order valence-corrected chi connectivity index (χ0v) is 22.7. The van der Waals surface area contributed by atoms with E-state index in [1.165, 1.54) is 19.1 Å². The third-order valence-electron chi connectivity index (χ3n) is 4.92. The third kappa shape index (κ3) is 6.86. The number of alkyl halides is 2. The lowest BCUT2D eigenvalue weighted by Gasteiger charge is -2.25. The molecule has 0 radical (unpaired) electrons. The van der Waals surface area contributed by atoms with Crippen LogP contribution in [0.5, 0.6) is 5.75 Å². The van der Waals surface area contributed by atoms with Gasteiger partial charge in [0, 0.05) is 12.3 Å². The second-order valence-corrected chi connectivity index (χ2v) is 12.3. The maximum Gasteiger partial charge on any atom is 0.459 e. The molecule has 6 atom stereocenters. The van der Waals surface area contributed by atoms with E-state index in [9.17, 15) is 24.1 Å². The molecule has 1 aromatic carbocycles. The second-order valence-electron chi connectivity index (χ2n) is 8.20. The van der Waals surface area contributed by atoms with Crippen LogP contribution in [-0.2, 0) is 23.4 Å². The van der Waals surface area contributed by atoms with Crippen molar-refractivity contribution in [3.8, 4) is 5.75 Å². The zero-order valence-electron chi connectivity index (χ0n) is 19.5. The Kier molecular flexibility index (Phi) is 9.20. The molecule has 3 rings (SSSR count). The number of ether oxygens (including phenoxy) is 2. The Balaban J connectivity index is 1.80. The molecule has 1 aromatic heterocycles. The van der Waals surface area contributed by atoms with Gasteiger partial charge in [-0.1, -0.05) is 45.7 Å². The maximum absolute atomic E-state index is 13.6. The molecule has 15 heteroatoms. The van der Waals surface area contributed by atoms with Crippen molar-refractivity contribution in [2.75, 3.05) is 6.61 Å². The Hall–Kier alpha value is -1.99. The Morgan fingerprint density at radius 2 is 1.97 bits per heavy atom. The molecule has 0 bridgehead atoms. The fraction of sp³-hybridized carbons (Fsp3) is 0.476. The van der Waals surface area contributed by atoms with Crippen LogP contribution in [0.4, 0.5) is 0 Å². The number of halogens is 2. The van der Waals surface area contributed by atoms with Gasteiger partial charge in [0.1, 0.15) is 24.0 Å². The van der Waals surface area contributed by atoms with Crippen LogP contribution < -0.4 is 20.9 Å². The van der Waals surface area contributed by atoms with Crippen molar-refractivity contribution in [2.24, 2.45) is 0 Å². The van der Waals surface area contributed by atoms with Gasteiger partial charge in [0.25, 0.3) is 5.56 Å². The number of nitrogens with one attached hydrogen (secondary N) is 2. The van der Waals surface area contributed by atoms with Crippen LogP contribution in [0.3, 0.4) is 0 Å². The molecule has 36 heavy (non-hydrogen) atoms. The molecule has 1 aliphatic rings. The first-order chi connectivity index (χ1) is 16.8. The van der Waals surface area contributed by atoms with E-state index in [0.29, 0.717) is 0 Å². The molecule has 0 aliphatic carbocycles. The molecule has 0 saturated carbocycles. The predicted octanol–water partition coefficient (Wildman–Crippen LogP) is 2.26. The van der Waals surface area contributed by atoms with E-state index in [4.69, 9.17) is 30.1 Å². The number of nitrogens with zero attached hydrogens (tertiary/aromatic N) is 1. The van der Waals surface area contributed by atoms with Crippen molar-refractivity contribution in [3.63, 3.8) is 0 Å². The van der Waals surface area contributed by atoms with Gasteiger partial charge in [-0.25, -0.2) is 9.36 Å². The Bertz CT molecular complexity index is 1220. The van der Waals surface area contributed by atoms with Gasteiger partial charge < -0.3 is 19.1 Å². The van der Waals surface area contributed by atoms with Gasteiger partial charge in [0.2, 0.25) is 0 Å². The molecule has 0 amide bonds. The average Bonchev–Trinajstić information content (AvgIpc) is 3.01. The summed E-state index contributed by atoms with van der Waals surface area (Å²) in [6.45, 7) is 4.25. The third-order valence-corrected chi connectivity index (χ3v) is 7.83. The standard InChI is InChI=1S/C21H26BrClN3O9P/c1-12(2)33-18(29)13(3)25-36(31,35-14-7-5-4-6-8-14)32-11-15-17(28)21(22,23)19(34-15)26-10-9-16(27)24-20(26)30/h4-10,12-13,15,17,19,28H,11H2,1-3H3,(H,25,31)(H,24,27,30)/t13?,15-,17-,19-,21-,36+/m1/s1. The first-order valence-electron chi connectivity index (χ1n) is 10.8. The first kappa shape index (κ1) is 28.6. The number of H-pyrrole nitrogens is 1. The topological polar surface area (TPSA) is 158 Å². The molecular weight excluding hydrogens is 585 g/mol. The molecule has 2 heterocycles. The molecule has 12 nitrogen and oxygen atoms in total. The summed E-state index contributed by atoms with van der Waals surface area (Å²) in [4.78, 5) is 38.0. The summed E-state index contributed by atoms with van der Waals surface area (Å²) in [5, 5.41) is 13.3. The number of benzene rings is 1. The molecule has 0 spiro atoms. The number of esters is 1. The summed E-state index contributed by atoms with van der Waals surface area (Å²) in [5.41, 5.74) is -1.44. The van der Waals surface area contributed by atoms with Gasteiger partial charge in [0.05, 0.1) is 12.7 Å². The molecular formula is C21H26BrClN3O9P. The molecule has 1 saturated heterocycles. The number of carbonyl (C=O) groups excluding carboxylic acids is 1. The summed E-state index contributed by atoms with van der Waals surface area (Å²) in [6, 6.07) is 8.12. The fourth-order valence-electron chi connectivity index (χ4n) is 3.22. The summed E-state index contributed by atoms with van der Waals surface area (Å²) < 4.78 is 34.9. The molecule has 3 N–H and O–H groups in total. The summed E-state index contributed by atoms with van der Waals surface area (Å²) >= 11 is 9.60. The lowest BCUT2D eigenvalue weighted by atomic mass is 10.2. The minimum absolute atomic E-state index is 0.190. The van der Waals surface area contributed by atoms with Crippen LogP contribution in [0.25, 0.3) is 0 Å². The second kappa shape index (κ2) is 11.6. The van der Waals surface area contributed by atoms with Crippen molar-refractivity contribution >= 4 is 41.2 Å². The molecule has 198 valence electrons. The van der Waals surface area contributed by atoms with E-state index in [1.54, 1.807) is 32.0 Å². The number of carbonyl (C=O) groups is 1. The smallest absolute Gasteiger partial charge is 0.459 e. The minimum Gasteiger partial charge on any atom is -0.462 e. The van der Waals surface area contributed by atoms with Crippen molar-refractivity contribution in [3.05, 3.63) is 63.4 Å². The Morgan fingerprint density at radius 1 is 1.31 bits per heavy atom. The summed E-state index contributed by atoms with van der Waals surface area (Å²) in [5.74, 6) is -0.490. The van der Waals surface area contributed by atoms with Crippen LogP contribution >= 0.6 is 35.3 Å². The molecule has 1 unspecified atom stereocenters. The lowest BCUT2D eigenvalue weighted by Crippen LogP contribution is -2.41. The summed E-state index contributed by atoms with van der Waals surface area (Å²) in [6.07, 6.45) is -3.17. The molecule has 1 aliphatic heterocycles. The number of aliphatic hydroxyl groups excluding tert-OH is 1. The number of aromatic amines is 1. The van der Waals surface area contributed by atoms with E-state index in [0.717, 1.165) is 16.8 Å². The van der Waals surface area contributed by atoms with Gasteiger partial charge >= 0.3 is 19.4 Å². The number of hydrogen-bond acceptors (Lipinski definition) is 9. The highest BCUT2D eigenvalue weighted by atomic mass is 79.9. The Morgan fingerprint density at radius 3 is 2.58 bits per heavy atom.